The van der Waals surface area contributed by atoms with Crippen molar-refractivity contribution < 1.29 is 19.1 Å². The molecular formula is C31H44N8O4. The van der Waals surface area contributed by atoms with Gasteiger partial charge in [-0.2, -0.15) is 0 Å². The number of likely N-dealkylation sites (N-methyl/N-ethyl adjacent to an activating group) is 1. The molecule has 12 heteroatoms. The number of methoxy groups -OCH3 is 2. The van der Waals surface area contributed by atoms with E-state index in [0.717, 1.165) is 50.4 Å². The summed E-state index contributed by atoms with van der Waals surface area (Å²) >= 11 is 0. The second kappa shape index (κ2) is 16.1. The molecule has 1 aliphatic heterocycles. The standard InChI is InChI=1S/C31H44N8O4/c1-7-22(18-29(33-21-32)37(4)31(41)35-23-16-25(42-5)20-26(17-23)43-6)34-27-11-10-24(19-28(27)36-30(40)8-2)39-14-12-38(9-3)13-15-39/h8,10-11,16-22,34H,2,7,9,12-15H2,1,3-6H3,(H2,32,33)(H,35,41)(H,36,40). The van der Waals surface area contributed by atoms with E-state index in [1.54, 1.807) is 25.2 Å². The molecule has 1 fully saturated rings. The van der Waals surface area contributed by atoms with Crippen molar-refractivity contribution in [3.63, 3.8) is 0 Å². The van der Waals surface area contributed by atoms with Crippen molar-refractivity contribution in [2.75, 3.05) is 74.8 Å². The molecule has 3 rings (SSSR count). The first kappa shape index (κ1) is 32.8. The lowest BCUT2D eigenvalue weighted by Crippen LogP contribution is -2.46. The van der Waals surface area contributed by atoms with Crippen LogP contribution in [-0.2, 0) is 4.79 Å². The fraction of sp³-hybridized carbons (Fsp3) is 0.387. The van der Waals surface area contributed by atoms with Crippen LogP contribution in [0.5, 0.6) is 11.5 Å². The number of nitrogens with two attached hydrogens (primary N) is 1. The van der Waals surface area contributed by atoms with Crippen LogP contribution >= 0.6 is 0 Å². The summed E-state index contributed by atoms with van der Waals surface area (Å²) < 4.78 is 10.6. The van der Waals surface area contributed by atoms with E-state index in [2.05, 4.69) is 44.2 Å². The van der Waals surface area contributed by atoms with E-state index in [1.165, 1.54) is 25.2 Å². The Labute approximate surface area is 254 Å². The number of amides is 3. The van der Waals surface area contributed by atoms with Crippen molar-refractivity contribution in [3.05, 3.63) is 61.0 Å². The number of ether oxygens (including phenoxy) is 2. The van der Waals surface area contributed by atoms with E-state index in [1.807, 2.05) is 31.2 Å². The smallest absolute Gasteiger partial charge is 0.327 e. The van der Waals surface area contributed by atoms with E-state index in [0.29, 0.717) is 35.1 Å². The average molecular weight is 593 g/mol. The van der Waals surface area contributed by atoms with Gasteiger partial charge in [0.15, 0.2) is 0 Å². The summed E-state index contributed by atoms with van der Waals surface area (Å²) in [6.07, 6.45) is 4.85. The molecule has 0 bridgehead atoms. The molecule has 1 aliphatic rings. The SMILES string of the molecule is C=CC(=O)Nc1cc(N2CCN(CC)CC2)ccc1NC(C=C(N=CN)N(C)C(=O)Nc1cc(OC)cc(OC)c1)CC. The van der Waals surface area contributed by atoms with Gasteiger partial charge in [0.1, 0.15) is 17.3 Å². The van der Waals surface area contributed by atoms with E-state index in [-0.39, 0.29) is 11.9 Å². The fourth-order valence-electron chi connectivity index (χ4n) is 4.61. The minimum atomic E-state index is -0.437. The summed E-state index contributed by atoms with van der Waals surface area (Å²) in [5.41, 5.74) is 8.54. The van der Waals surface area contributed by atoms with Gasteiger partial charge < -0.3 is 41.0 Å². The third kappa shape index (κ3) is 9.14. The Kier molecular flexibility index (Phi) is 12.3. The van der Waals surface area contributed by atoms with Crippen LogP contribution in [0.15, 0.2) is 65.9 Å². The second-order valence-corrected chi connectivity index (χ2v) is 9.90. The molecule has 0 radical (unpaired) electrons. The summed E-state index contributed by atoms with van der Waals surface area (Å²) in [5, 5.41) is 9.25. The largest absolute Gasteiger partial charge is 0.497 e. The molecular weight excluding hydrogens is 548 g/mol. The molecule has 2 aromatic carbocycles. The molecule has 3 amide bonds. The Bertz CT molecular complexity index is 1300. The maximum atomic E-state index is 13.2. The lowest BCUT2D eigenvalue weighted by molar-refractivity contribution is -0.111. The molecule has 1 atom stereocenters. The topological polar surface area (TPSA) is 137 Å². The van der Waals surface area contributed by atoms with Crippen molar-refractivity contribution in [1.29, 1.82) is 0 Å². The number of benzene rings is 2. The van der Waals surface area contributed by atoms with Crippen molar-refractivity contribution in [2.24, 2.45) is 10.7 Å². The number of hydrogen-bond acceptors (Lipinski definition) is 8. The molecule has 1 heterocycles. The van der Waals surface area contributed by atoms with Crippen LogP contribution in [0.4, 0.5) is 27.5 Å². The van der Waals surface area contributed by atoms with Crippen LogP contribution < -0.4 is 36.1 Å². The van der Waals surface area contributed by atoms with Crippen LogP contribution in [0.25, 0.3) is 0 Å². The number of aliphatic imine (C=N–C) groups is 1. The number of carbonyl (C=O) groups excluding carboxylic acids is 2. The molecule has 0 aliphatic carbocycles. The van der Waals surface area contributed by atoms with E-state index >= 15 is 0 Å². The molecule has 0 spiro atoms. The zero-order chi connectivity index (χ0) is 31.4. The van der Waals surface area contributed by atoms with Gasteiger partial charge in [-0.1, -0.05) is 20.4 Å². The first-order valence-corrected chi connectivity index (χ1v) is 14.3. The van der Waals surface area contributed by atoms with Crippen molar-refractivity contribution in [1.82, 2.24) is 9.80 Å². The Hall–Kier alpha value is -4.71. The summed E-state index contributed by atoms with van der Waals surface area (Å²) in [5.74, 6) is 1.10. The van der Waals surface area contributed by atoms with Gasteiger partial charge in [-0.05, 0) is 43.3 Å². The van der Waals surface area contributed by atoms with Gasteiger partial charge >= 0.3 is 6.03 Å². The summed E-state index contributed by atoms with van der Waals surface area (Å²) in [6, 6.07) is 10.4. The number of anilines is 4. The molecule has 2 aromatic rings. The number of piperazine rings is 1. The van der Waals surface area contributed by atoms with Gasteiger partial charge in [0.25, 0.3) is 0 Å². The van der Waals surface area contributed by atoms with Gasteiger partial charge in [0.05, 0.1) is 31.9 Å². The Balaban J connectivity index is 1.84. The Morgan fingerprint density at radius 2 is 1.72 bits per heavy atom. The lowest BCUT2D eigenvalue weighted by atomic mass is 10.1. The lowest BCUT2D eigenvalue weighted by Gasteiger charge is -2.36. The number of carbonyl (C=O) groups is 2. The van der Waals surface area contributed by atoms with Gasteiger partial charge in [-0.25, -0.2) is 9.79 Å². The molecule has 0 aromatic heterocycles. The average Bonchev–Trinajstić information content (AvgIpc) is 3.03. The maximum Gasteiger partial charge on any atom is 0.327 e. The van der Waals surface area contributed by atoms with Crippen LogP contribution in [-0.4, -0.2) is 88.1 Å². The normalized spacial score (nSPS) is 14.6. The molecule has 5 N–H and O–H groups in total. The predicted octanol–water partition coefficient (Wildman–Crippen LogP) is 4.15. The quantitative estimate of drug-likeness (QED) is 0.155. The Morgan fingerprint density at radius 1 is 1.05 bits per heavy atom. The first-order chi connectivity index (χ1) is 20.7. The molecule has 1 unspecified atom stereocenters. The highest BCUT2D eigenvalue weighted by molar-refractivity contribution is 6.01. The minimum absolute atomic E-state index is 0.260. The summed E-state index contributed by atoms with van der Waals surface area (Å²) in [4.78, 5) is 35.9. The van der Waals surface area contributed by atoms with Crippen LogP contribution in [0.2, 0.25) is 0 Å². The van der Waals surface area contributed by atoms with Gasteiger partial charge in [-0.15, -0.1) is 0 Å². The van der Waals surface area contributed by atoms with Gasteiger partial charge in [-0.3, -0.25) is 9.69 Å². The van der Waals surface area contributed by atoms with E-state index < -0.39 is 6.03 Å². The number of rotatable bonds is 13. The molecule has 1 saturated heterocycles. The molecule has 0 saturated carbocycles. The molecule has 43 heavy (non-hydrogen) atoms. The number of nitrogens with zero attached hydrogens (tertiary/aromatic N) is 4. The van der Waals surface area contributed by atoms with Gasteiger partial charge in [0.2, 0.25) is 5.91 Å². The molecule has 12 nitrogen and oxygen atoms in total. The summed E-state index contributed by atoms with van der Waals surface area (Å²) in [6.45, 7) is 12.6. The van der Waals surface area contributed by atoms with Crippen LogP contribution in [0.1, 0.15) is 20.3 Å². The first-order valence-electron chi connectivity index (χ1n) is 14.3. The molecule has 232 valence electrons. The van der Waals surface area contributed by atoms with E-state index in [4.69, 9.17) is 15.2 Å². The highest BCUT2D eigenvalue weighted by atomic mass is 16.5. The monoisotopic (exact) mass is 592 g/mol. The second-order valence-electron chi connectivity index (χ2n) is 9.90. The highest BCUT2D eigenvalue weighted by Gasteiger charge is 2.20. The van der Waals surface area contributed by atoms with Crippen molar-refractivity contribution in [3.8, 4) is 11.5 Å². The number of nitrogens with one attached hydrogen (secondary N) is 3. The third-order valence-corrected chi connectivity index (χ3v) is 7.22. The fourth-order valence-corrected chi connectivity index (χ4v) is 4.61. The highest BCUT2D eigenvalue weighted by Crippen LogP contribution is 2.30. The van der Waals surface area contributed by atoms with Crippen LogP contribution in [0, 0.1) is 0 Å². The zero-order valence-corrected chi connectivity index (χ0v) is 25.7. The van der Waals surface area contributed by atoms with E-state index in [9.17, 15) is 9.59 Å². The third-order valence-electron chi connectivity index (χ3n) is 7.22. The predicted molar refractivity (Wildman–Crippen MR) is 174 cm³/mol. The Morgan fingerprint density at radius 3 is 2.28 bits per heavy atom. The summed E-state index contributed by atoms with van der Waals surface area (Å²) in [7, 11) is 4.67. The maximum absolute atomic E-state index is 13.2. The zero-order valence-electron chi connectivity index (χ0n) is 25.7. The van der Waals surface area contributed by atoms with Gasteiger partial charge in [0, 0.05) is 68.8 Å². The number of hydrogen-bond donors (Lipinski definition) is 4. The van der Waals surface area contributed by atoms with Crippen molar-refractivity contribution >= 4 is 41.0 Å². The number of urea groups is 1. The minimum Gasteiger partial charge on any atom is -0.497 e. The van der Waals surface area contributed by atoms with Crippen LogP contribution in [0.3, 0.4) is 0 Å². The van der Waals surface area contributed by atoms with Crippen molar-refractivity contribution in [2.45, 2.75) is 26.3 Å².